The Morgan fingerprint density at radius 2 is 2.08 bits per heavy atom. The van der Waals surface area contributed by atoms with E-state index in [0.29, 0.717) is 24.6 Å². The van der Waals surface area contributed by atoms with Crippen molar-refractivity contribution in [2.75, 3.05) is 33.0 Å². The zero-order chi connectivity index (χ0) is 18.1. The Hall–Kier alpha value is -2.72. The number of hydrogen-bond donors (Lipinski definition) is 2. The number of hydrogen-bond acceptors (Lipinski definition) is 6. The third kappa shape index (κ3) is 5.40. The summed E-state index contributed by atoms with van der Waals surface area (Å²) in [5, 5.41) is 14.9. The Bertz CT molecular complexity index is 663. The van der Waals surface area contributed by atoms with E-state index in [1.165, 1.54) is 6.20 Å². The van der Waals surface area contributed by atoms with Gasteiger partial charge in [0.2, 0.25) is 6.79 Å². The Balaban J connectivity index is 1.81. The second-order valence-electron chi connectivity index (χ2n) is 5.52. The number of amides is 1. The largest absolute Gasteiger partial charge is 0.454 e. The normalized spacial score (nSPS) is 12.8. The summed E-state index contributed by atoms with van der Waals surface area (Å²) >= 11 is 0. The van der Waals surface area contributed by atoms with Crippen LogP contribution in [0.15, 0.2) is 30.0 Å². The predicted molar refractivity (Wildman–Crippen MR) is 93.9 cm³/mol. The van der Waals surface area contributed by atoms with E-state index in [9.17, 15) is 4.79 Å². The van der Waals surface area contributed by atoms with Gasteiger partial charge >= 0.3 is 0 Å². The van der Waals surface area contributed by atoms with Gasteiger partial charge in [0.15, 0.2) is 11.5 Å². The van der Waals surface area contributed by atoms with E-state index in [1.807, 2.05) is 18.2 Å². The van der Waals surface area contributed by atoms with E-state index in [0.717, 1.165) is 25.2 Å². The zero-order valence-electron chi connectivity index (χ0n) is 14.7. The van der Waals surface area contributed by atoms with Crippen molar-refractivity contribution in [3.05, 3.63) is 35.5 Å². The van der Waals surface area contributed by atoms with Crippen LogP contribution in [-0.4, -0.2) is 43.8 Å². The highest BCUT2D eigenvalue weighted by atomic mass is 16.7. The second kappa shape index (κ2) is 9.55. The molecule has 2 N–H and O–H groups in total. The van der Waals surface area contributed by atoms with E-state index in [-0.39, 0.29) is 12.4 Å². The number of ether oxygens (including phenoxy) is 2. The maximum absolute atomic E-state index is 12.1. The van der Waals surface area contributed by atoms with Crippen LogP contribution in [0.4, 0.5) is 0 Å². The summed E-state index contributed by atoms with van der Waals surface area (Å²) < 4.78 is 10.6. The maximum atomic E-state index is 12.1. The van der Waals surface area contributed by atoms with Gasteiger partial charge in [0, 0.05) is 25.8 Å². The van der Waals surface area contributed by atoms with Crippen LogP contribution in [0.2, 0.25) is 0 Å². The van der Waals surface area contributed by atoms with Crippen LogP contribution in [0.5, 0.6) is 11.5 Å². The van der Waals surface area contributed by atoms with Crippen molar-refractivity contribution in [3.8, 4) is 17.6 Å². The average Bonchev–Trinajstić information content (AvgIpc) is 3.10. The number of nitriles is 1. The quantitative estimate of drug-likeness (QED) is 0.400. The van der Waals surface area contributed by atoms with Crippen molar-refractivity contribution in [1.82, 2.24) is 15.5 Å². The molecular formula is C18H24N4O3. The number of benzene rings is 1. The molecule has 0 fully saturated rings. The van der Waals surface area contributed by atoms with E-state index in [2.05, 4.69) is 29.4 Å². The lowest BCUT2D eigenvalue weighted by Gasteiger charge is -2.17. The third-order valence-electron chi connectivity index (χ3n) is 3.97. The Morgan fingerprint density at radius 1 is 1.32 bits per heavy atom. The van der Waals surface area contributed by atoms with E-state index in [1.54, 1.807) is 6.07 Å². The Morgan fingerprint density at radius 3 is 2.80 bits per heavy atom. The summed E-state index contributed by atoms with van der Waals surface area (Å²) in [7, 11) is 0. The van der Waals surface area contributed by atoms with Crippen LogP contribution >= 0.6 is 0 Å². The molecule has 0 saturated carbocycles. The molecule has 1 aromatic rings. The molecule has 134 valence electrons. The highest BCUT2D eigenvalue weighted by Crippen LogP contribution is 2.32. The summed E-state index contributed by atoms with van der Waals surface area (Å²) in [6.07, 6.45) is 1.47. The van der Waals surface area contributed by atoms with Crippen molar-refractivity contribution in [2.45, 2.75) is 20.4 Å². The number of nitrogens with one attached hydrogen (secondary N) is 2. The molecule has 0 aliphatic carbocycles. The molecule has 25 heavy (non-hydrogen) atoms. The minimum atomic E-state index is -0.407. The molecular weight excluding hydrogens is 320 g/mol. The SMILES string of the molecule is CCN(CC)CCN/C=C(/C#N)C(=O)NCc1ccc2c(c1)OCO2. The smallest absolute Gasteiger partial charge is 0.263 e. The Labute approximate surface area is 148 Å². The first kappa shape index (κ1) is 18.6. The van der Waals surface area contributed by atoms with Gasteiger partial charge in [-0.1, -0.05) is 19.9 Å². The molecule has 7 nitrogen and oxygen atoms in total. The molecule has 2 rings (SSSR count). The standard InChI is InChI=1S/C18H24N4O3/c1-3-22(4-2)8-7-20-12-15(10-19)18(23)21-11-14-5-6-16-17(9-14)25-13-24-16/h5-6,9,12,20H,3-4,7-8,11,13H2,1-2H3,(H,21,23)/b15-12-. The molecule has 0 aromatic heterocycles. The highest BCUT2D eigenvalue weighted by molar-refractivity contribution is 5.97. The number of fused-ring (bicyclic) bond motifs is 1. The molecule has 1 amide bonds. The number of nitrogens with zero attached hydrogens (tertiary/aromatic N) is 2. The molecule has 0 radical (unpaired) electrons. The summed E-state index contributed by atoms with van der Waals surface area (Å²) in [6, 6.07) is 7.40. The fourth-order valence-electron chi connectivity index (χ4n) is 2.41. The molecule has 1 aromatic carbocycles. The first-order chi connectivity index (χ1) is 12.2. The molecule has 1 aliphatic rings. The first-order valence-electron chi connectivity index (χ1n) is 8.40. The van der Waals surface area contributed by atoms with Crippen LogP contribution in [0.3, 0.4) is 0 Å². The fourth-order valence-corrected chi connectivity index (χ4v) is 2.41. The summed E-state index contributed by atoms with van der Waals surface area (Å²) in [4.78, 5) is 14.4. The van der Waals surface area contributed by atoms with Gasteiger partial charge in [-0.15, -0.1) is 0 Å². The van der Waals surface area contributed by atoms with Crippen LogP contribution < -0.4 is 20.1 Å². The van der Waals surface area contributed by atoms with Crippen molar-refractivity contribution in [1.29, 1.82) is 5.26 Å². The second-order valence-corrected chi connectivity index (χ2v) is 5.52. The van der Waals surface area contributed by atoms with Crippen molar-refractivity contribution in [3.63, 3.8) is 0 Å². The number of carbonyl (C=O) groups is 1. The molecule has 1 aliphatic heterocycles. The lowest BCUT2D eigenvalue weighted by atomic mass is 10.2. The lowest BCUT2D eigenvalue weighted by molar-refractivity contribution is -0.117. The lowest BCUT2D eigenvalue weighted by Crippen LogP contribution is -2.31. The number of rotatable bonds is 9. The van der Waals surface area contributed by atoms with Gasteiger partial charge in [0.25, 0.3) is 5.91 Å². The van der Waals surface area contributed by atoms with E-state index < -0.39 is 5.91 Å². The van der Waals surface area contributed by atoms with E-state index >= 15 is 0 Å². The minimum absolute atomic E-state index is 0.0558. The van der Waals surface area contributed by atoms with Crippen LogP contribution in [0.1, 0.15) is 19.4 Å². The number of likely N-dealkylation sites (N-methyl/N-ethyl adjacent to an activating group) is 1. The van der Waals surface area contributed by atoms with Gasteiger partial charge in [-0.3, -0.25) is 4.79 Å². The fraction of sp³-hybridized carbons (Fsp3) is 0.444. The van der Waals surface area contributed by atoms with Gasteiger partial charge in [-0.05, 0) is 30.8 Å². The molecule has 7 heteroatoms. The molecule has 0 saturated heterocycles. The molecule has 1 heterocycles. The summed E-state index contributed by atoms with van der Waals surface area (Å²) in [5.74, 6) is 0.960. The van der Waals surface area contributed by atoms with Gasteiger partial charge in [-0.2, -0.15) is 5.26 Å². The monoisotopic (exact) mass is 344 g/mol. The topological polar surface area (TPSA) is 86.6 Å². The third-order valence-corrected chi connectivity index (χ3v) is 3.97. The predicted octanol–water partition coefficient (Wildman–Crippen LogP) is 1.37. The zero-order valence-corrected chi connectivity index (χ0v) is 14.7. The van der Waals surface area contributed by atoms with Crippen molar-refractivity contribution < 1.29 is 14.3 Å². The first-order valence-corrected chi connectivity index (χ1v) is 8.40. The van der Waals surface area contributed by atoms with Gasteiger partial charge in [0.1, 0.15) is 11.6 Å². The van der Waals surface area contributed by atoms with Gasteiger partial charge < -0.3 is 25.0 Å². The molecule has 0 bridgehead atoms. The van der Waals surface area contributed by atoms with E-state index in [4.69, 9.17) is 14.7 Å². The van der Waals surface area contributed by atoms with Crippen LogP contribution in [0.25, 0.3) is 0 Å². The van der Waals surface area contributed by atoms with Crippen molar-refractivity contribution >= 4 is 5.91 Å². The van der Waals surface area contributed by atoms with Gasteiger partial charge in [0.05, 0.1) is 0 Å². The molecule has 0 unspecified atom stereocenters. The summed E-state index contributed by atoms with van der Waals surface area (Å²) in [5.41, 5.74) is 0.935. The Kier molecular flexibility index (Phi) is 7.11. The number of carbonyl (C=O) groups excluding carboxylic acids is 1. The van der Waals surface area contributed by atoms with Crippen LogP contribution in [0, 0.1) is 11.3 Å². The van der Waals surface area contributed by atoms with Crippen molar-refractivity contribution in [2.24, 2.45) is 0 Å². The minimum Gasteiger partial charge on any atom is -0.454 e. The summed E-state index contributed by atoms with van der Waals surface area (Å²) in [6.45, 7) is 8.22. The van der Waals surface area contributed by atoms with Gasteiger partial charge in [-0.25, -0.2) is 0 Å². The molecule has 0 atom stereocenters. The van der Waals surface area contributed by atoms with Crippen LogP contribution in [-0.2, 0) is 11.3 Å². The average molecular weight is 344 g/mol. The maximum Gasteiger partial charge on any atom is 0.263 e. The molecule has 0 spiro atoms. The highest BCUT2D eigenvalue weighted by Gasteiger charge is 2.14.